The number of hydrogen-bond donors (Lipinski definition) is 1. The van der Waals surface area contributed by atoms with Crippen molar-refractivity contribution in [2.45, 2.75) is 44.2 Å². The van der Waals surface area contributed by atoms with E-state index < -0.39 is 5.60 Å². The molecule has 134 valence electrons. The minimum absolute atomic E-state index is 0.210. The Labute approximate surface area is 150 Å². The number of aryl methyl sites for hydroxylation is 1. The number of aliphatic hydroxyl groups is 1. The van der Waals surface area contributed by atoms with Crippen molar-refractivity contribution in [3.05, 3.63) is 71.0 Å². The molecule has 2 aromatic carbocycles. The lowest BCUT2D eigenvalue weighted by molar-refractivity contribution is -0.0255. The third-order valence-corrected chi connectivity index (χ3v) is 5.70. The van der Waals surface area contributed by atoms with E-state index in [1.807, 2.05) is 6.07 Å². The predicted octanol–water partition coefficient (Wildman–Crippen LogP) is 4.81. The van der Waals surface area contributed by atoms with Crippen LogP contribution in [0.3, 0.4) is 0 Å². The van der Waals surface area contributed by atoms with E-state index in [2.05, 4.69) is 43.3 Å². The highest BCUT2D eigenvalue weighted by atomic mass is 19.1. The van der Waals surface area contributed by atoms with Crippen LogP contribution < -0.4 is 0 Å². The summed E-state index contributed by atoms with van der Waals surface area (Å²) in [6.45, 7) is 1.76. The van der Waals surface area contributed by atoms with E-state index >= 15 is 0 Å². The van der Waals surface area contributed by atoms with Gasteiger partial charge in [0.05, 0.1) is 5.60 Å². The van der Waals surface area contributed by atoms with Crippen molar-refractivity contribution in [2.24, 2.45) is 5.92 Å². The number of hydrogen-bond acceptors (Lipinski definition) is 2. The van der Waals surface area contributed by atoms with Crippen molar-refractivity contribution in [1.82, 2.24) is 4.90 Å². The fourth-order valence-corrected chi connectivity index (χ4v) is 4.30. The molecule has 2 aromatic rings. The van der Waals surface area contributed by atoms with Gasteiger partial charge in [-0.3, -0.25) is 0 Å². The summed E-state index contributed by atoms with van der Waals surface area (Å²) in [5.74, 6) is 0.303. The van der Waals surface area contributed by atoms with Gasteiger partial charge in [-0.25, -0.2) is 4.39 Å². The average Bonchev–Trinajstić information content (AvgIpc) is 2.60. The highest BCUT2D eigenvalue weighted by Crippen LogP contribution is 2.45. The Morgan fingerprint density at radius 2 is 1.72 bits per heavy atom. The first-order valence-corrected chi connectivity index (χ1v) is 9.11. The molecule has 1 saturated carbocycles. The van der Waals surface area contributed by atoms with Crippen molar-refractivity contribution in [3.63, 3.8) is 0 Å². The van der Waals surface area contributed by atoms with Crippen molar-refractivity contribution >= 4 is 0 Å². The Kier molecular flexibility index (Phi) is 5.26. The summed E-state index contributed by atoms with van der Waals surface area (Å²) in [6.07, 6.45) is 3.37. The molecule has 0 radical (unpaired) electrons. The molecule has 0 saturated heterocycles. The van der Waals surface area contributed by atoms with E-state index in [9.17, 15) is 9.50 Å². The van der Waals surface area contributed by atoms with E-state index in [0.29, 0.717) is 17.5 Å². The standard InChI is InChI=1S/C22H28FNO/c1-16-15-19(9-10-20(16)23)22(25)13-11-18(12-14-22)21(24(2)3)17-7-5-4-6-8-17/h4-10,15,18,21,25H,11-14H2,1-3H3. The van der Waals surface area contributed by atoms with E-state index in [1.165, 1.54) is 11.6 Å². The molecular weight excluding hydrogens is 313 g/mol. The van der Waals surface area contributed by atoms with Crippen LogP contribution in [0.1, 0.15) is 48.4 Å². The zero-order valence-electron chi connectivity index (χ0n) is 15.4. The maximum Gasteiger partial charge on any atom is 0.126 e. The van der Waals surface area contributed by atoms with E-state index in [-0.39, 0.29) is 5.82 Å². The molecule has 1 unspecified atom stereocenters. The molecule has 1 fully saturated rings. The Morgan fingerprint density at radius 1 is 1.08 bits per heavy atom. The van der Waals surface area contributed by atoms with Crippen LogP contribution in [0.2, 0.25) is 0 Å². The van der Waals surface area contributed by atoms with Crippen LogP contribution in [0.5, 0.6) is 0 Å². The summed E-state index contributed by atoms with van der Waals surface area (Å²) in [7, 11) is 4.25. The van der Waals surface area contributed by atoms with Crippen molar-refractivity contribution in [1.29, 1.82) is 0 Å². The van der Waals surface area contributed by atoms with Crippen LogP contribution in [0.25, 0.3) is 0 Å². The minimum atomic E-state index is -0.831. The van der Waals surface area contributed by atoms with E-state index in [1.54, 1.807) is 19.1 Å². The second-order valence-electron chi connectivity index (χ2n) is 7.65. The van der Waals surface area contributed by atoms with Gasteiger partial charge < -0.3 is 10.0 Å². The van der Waals surface area contributed by atoms with Crippen LogP contribution in [0.4, 0.5) is 4.39 Å². The molecule has 0 aliphatic heterocycles. The van der Waals surface area contributed by atoms with Crippen LogP contribution in [0, 0.1) is 18.7 Å². The molecule has 1 aliphatic rings. The fraction of sp³-hybridized carbons (Fsp3) is 0.455. The lowest BCUT2D eigenvalue weighted by atomic mass is 9.71. The molecule has 3 rings (SSSR count). The van der Waals surface area contributed by atoms with Gasteiger partial charge in [0.2, 0.25) is 0 Å². The molecule has 2 nitrogen and oxygen atoms in total. The van der Waals surface area contributed by atoms with Crippen molar-refractivity contribution in [2.75, 3.05) is 14.1 Å². The summed E-state index contributed by atoms with van der Waals surface area (Å²) in [5.41, 5.74) is 1.96. The summed E-state index contributed by atoms with van der Waals surface area (Å²) in [5, 5.41) is 11.1. The quantitative estimate of drug-likeness (QED) is 0.862. The second-order valence-corrected chi connectivity index (χ2v) is 7.65. The Balaban J connectivity index is 1.76. The SMILES string of the molecule is Cc1cc(C2(O)CCC(C(c3ccccc3)N(C)C)CC2)ccc1F. The normalized spacial score (nSPS) is 25.1. The number of halogens is 1. The Bertz CT molecular complexity index is 705. The second kappa shape index (κ2) is 7.27. The van der Waals surface area contributed by atoms with Crippen LogP contribution in [-0.4, -0.2) is 24.1 Å². The van der Waals surface area contributed by atoms with Gasteiger partial charge in [-0.1, -0.05) is 42.5 Å². The topological polar surface area (TPSA) is 23.5 Å². The minimum Gasteiger partial charge on any atom is -0.385 e. The first-order valence-electron chi connectivity index (χ1n) is 9.11. The Hall–Kier alpha value is -1.71. The van der Waals surface area contributed by atoms with Gasteiger partial charge in [-0.05, 0) is 75.4 Å². The number of benzene rings is 2. The lowest BCUT2D eigenvalue weighted by Crippen LogP contribution is -2.36. The molecule has 0 amide bonds. The van der Waals surface area contributed by atoms with Gasteiger partial charge in [0.1, 0.15) is 5.82 Å². The molecule has 1 aliphatic carbocycles. The first-order chi connectivity index (χ1) is 11.9. The molecular formula is C22H28FNO. The maximum atomic E-state index is 13.5. The summed E-state index contributed by atoms with van der Waals surface area (Å²) in [6, 6.07) is 16.0. The molecule has 1 atom stereocenters. The average molecular weight is 341 g/mol. The fourth-order valence-electron chi connectivity index (χ4n) is 4.30. The van der Waals surface area contributed by atoms with Crippen molar-refractivity contribution in [3.8, 4) is 0 Å². The number of rotatable bonds is 4. The van der Waals surface area contributed by atoms with Crippen molar-refractivity contribution < 1.29 is 9.50 Å². The highest BCUT2D eigenvalue weighted by Gasteiger charge is 2.38. The first kappa shape index (κ1) is 18.1. The van der Waals surface area contributed by atoms with Gasteiger partial charge in [0, 0.05) is 6.04 Å². The van der Waals surface area contributed by atoms with Gasteiger partial charge in [-0.15, -0.1) is 0 Å². The van der Waals surface area contributed by atoms with Crippen LogP contribution in [0.15, 0.2) is 48.5 Å². The monoisotopic (exact) mass is 341 g/mol. The summed E-state index contributed by atoms with van der Waals surface area (Å²) >= 11 is 0. The number of nitrogens with zero attached hydrogens (tertiary/aromatic N) is 1. The molecule has 0 aromatic heterocycles. The van der Waals surface area contributed by atoms with Gasteiger partial charge >= 0.3 is 0 Å². The predicted molar refractivity (Wildman–Crippen MR) is 99.9 cm³/mol. The summed E-state index contributed by atoms with van der Waals surface area (Å²) < 4.78 is 13.5. The third kappa shape index (κ3) is 3.78. The molecule has 3 heteroatoms. The van der Waals surface area contributed by atoms with E-state index in [0.717, 1.165) is 31.2 Å². The van der Waals surface area contributed by atoms with Gasteiger partial charge in [-0.2, -0.15) is 0 Å². The van der Waals surface area contributed by atoms with Crippen LogP contribution in [-0.2, 0) is 5.60 Å². The highest BCUT2D eigenvalue weighted by molar-refractivity contribution is 5.29. The maximum absolute atomic E-state index is 13.5. The molecule has 25 heavy (non-hydrogen) atoms. The molecule has 0 bridgehead atoms. The smallest absolute Gasteiger partial charge is 0.126 e. The largest absolute Gasteiger partial charge is 0.385 e. The zero-order chi connectivity index (χ0) is 18.0. The molecule has 1 N–H and O–H groups in total. The molecule has 0 spiro atoms. The van der Waals surface area contributed by atoms with Gasteiger partial charge in [0.25, 0.3) is 0 Å². The molecule has 0 heterocycles. The van der Waals surface area contributed by atoms with E-state index in [4.69, 9.17) is 0 Å². The third-order valence-electron chi connectivity index (χ3n) is 5.70. The lowest BCUT2D eigenvalue weighted by Gasteiger charge is -2.41. The summed E-state index contributed by atoms with van der Waals surface area (Å²) in [4.78, 5) is 2.28. The van der Waals surface area contributed by atoms with Crippen LogP contribution >= 0.6 is 0 Å². The Morgan fingerprint density at radius 3 is 2.28 bits per heavy atom. The van der Waals surface area contributed by atoms with Gasteiger partial charge in [0.15, 0.2) is 0 Å². The zero-order valence-corrected chi connectivity index (χ0v) is 15.4.